The molecule has 86 valence electrons. The van der Waals surface area contributed by atoms with E-state index in [2.05, 4.69) is 10.3 Å². The Morgan fingerprint density at radius 1 is 1.44 bits per heavy atom. The number of carbonyl (C=O) groups excluding carboxylic acids is 1. The molecule has 0 bridgehead atoms. The van der Waals surface area contributed by atoms with Crippen molar-refractivity contribution in [2.45, 2.75) is 37.8 Å². The molecule has 0 spiro atoms. The van der Waals surface area contributed by atoms with Gasteiger partial charge in [-0.2, -0.15) is 0 Å². The van der Waals surface area contributed by atoms with Crippen molar-refractivity contribution in [1.82, 2.24) is 10.3 Å². The number of nitrogens with two attached hydrogens (primary N) is 1. The molecule has 0 saturated heterocycles. The van der Waals surface area contributed by atoms with Crippen LogP contribution in [0.5, 0.6) is 0 Å². The minimum atomic E-state index is -0.0737. The zero-order chi connectivity index (χ0) is 11.4. The second-order valence-electron chi connectivity index (χ2n) is 4.27. The smallest absolute Gasteiger partial charge is 0.253 e. The molecule has 16 heavy (non-hydrogen) atoms. The maximum atomic E-state index is 11.9. The van der Waals surface area contributed by atoms with Crippen LogP contribution in [0.1, 0.15) is 36.0 Å². The van der Waals surface area contributed by atoms with E-state index in [0.717, 1.165) is 19.3 Å². The molecule has 4 nitrogen and oxygen atoms in total. The SMILES string of the molecule is NC1CCCCC1NC(=O)c1cccnc1. The predicted octanol–water partition coefficient (Wildman–Crippen LogP) is 1.08. The Bertz CT molecular complexity index is 353. The number of amides is 1. The Balaban J connectivity index is 1.96. The summed E-state index contributed by atoms with van der Waals surface area (Å²) in [5, 5.41) is 2.98. The summed E-state index contributed by atoms with van der Waals surface area (Å²) < 4.78 is 0. The lowest BCUT2D eigenvalue weighted by Crippen LogP contribution is -2.49. The highest BCUT2D eigenvalue weighted by molar-refractivity contribution is 5.94. The molecule has 2 unspecified atom stereocenters. The molecule has 1 saturated carbocycles. The molecule has 1 fully saturated rings. The topological polar surface area (TPSA) is 68.0 Å². The molecular formula is C12H17N3O. The number of rotatable bonds is 2. The van der Waals surface area contributed by atoms with Gasteiger partial charge >= 0.3 is 0 Å². The van der Waals surface area contributed by atoms with Crippen LogP contribution >= 0.6 is 0 Å². The van der Waals surface area contributed by atoms with Crippen LogP contribution in [0.4, 0.5) is 0 Å². The molecule has 0 radical (unpaired) electrons. The molecular weight excluding hydrogens is 202 g/mol. The van der Waals surface area contributed by atoms with E-state index in [1.165, 1.54) is 6.42 Å². The number of aromatic nitrogens is 1. The van der Waals surface area contributed by atoms with Crippen LogP contribution in [0.15, 0.2) is 24.5 Å². The first kappa shape index (κ1) is 11.1. The third-order valence-corrected chi connectivity index (χ3v) is 3.06. The first-order valence-electron chi connectivity index (χ1n) is 5.74. The van der Waals surface area contributed by atoms with Crippen LogP contribution in [0, 0.1) is 0 Å². The molecule has 2 rings (SSSR count). The summed E-state index contributed by atoms with van der Waals surface area (Å²) in [6.45, 7) is 0. The predicted molar refractivity (Wildman–Crippen MR) is 61.9 cm³/mol. The summed E-state index contributed by atoms with van der Waals surface area (Å²) in [7, 11) is 0. The monoisotopic (exact) mass is 219 g/mol. The highest BCUT2D eigenvalue weighted by Gasteiger charge is 2.23. The van der Waals surface area contributed by atoms with Gasteiger partial charge in [0.05, 0.1) is 5.56 Å². The zero-order valence-corrected chi connectivity index (χ0v) is 9.23. The van der Waals surface area contributed by atoms with Crippen molar-refractivity contribution >= 4 is 5.91 Å². The lowest BCUT2D eigenvalue weighted by Gasteiger charge is -2.29. The van der Waals surface area contributed by atoms with Crippen LogP contribution in [-0.2, 0) is 0 Å². The Morgan fingerprint density at radius 3 is 2.94 bits per heavy atom. The fraction of sp³-hybridized carbons (Fsp3) is 0.500. The Kier molecular flexibility index (Phi) is 3.51. The summed E-state index contributed by atoms with van der Waals surface area (Å²) in [4.78, 5) is 15.8. The van der Waals surface area contributed by atoms with E-state index < -0.39 is 0 Å². The molecule has 1 heterocycles. The van der Waals surface area contributed by atoms with Gasteiger partial charge in [-0.25, -0.2) is 0 Å². The van der Waals surface area contributed by atoms with Crippen LogP contribution in [-0.4, -0.2) is 23.0 Å². The molecule has 1 aliphatic carbocycles. The van der Waals surface area contributed by atoms with E-state index in [9.17, 15) is 4.79 Å². The van der Waals surface area contributed by atoms with Gasteiger partial charge in [0.25, 0.3) is 5.91 Å². The fourth-order valence-electron chi connectivity index (χ4n) is 2.09. The average molecular weight is 219 g/mol. The van der Waals surface area contributed by atoms with Gasteiger partial charge in [-0.05, 0) is 25.0 Å². The van der Waals surface area contributed by atoms with Crippen molar-refractivity contribution < 1.29 is 4.79 Å². The Labute approximate surface area is 95.3 Å². The van der Waals surface area contributed by atoms with Crippen molar-refractivity contribution in [2.24, 2.45) is 5.73 Å². The number of hydrogen-bond donors (Lipinski definition) is 2. The van der Waals surface area contributed by atoms with Crippen molar-refractivity contribution in [3.8, 4) is 0 Å². The van der Waals surface area contributed by atoms with Crippen molar-refractivity contribution in [3.63, 3.8) is 0 Å². The van der Waals surface area contributed by atoms with E-state index in [-0.39, 0.29) is 18.0 Å². The van der Waals surface area contributed by atoms with Crippen molar-refractivity contribution in [3.05, 3.63) is 30.1 Å². The van der Waals surface area contributed by atoms with Crippen LogP contribution in [0.2, 0.25) is 0 Å². The first-order valence-corrected chi connectivity index (χ1v) is 5.74. The zero-order valence-electron chi connectivity index (χ0n) is 9.23. The van der Waals surface area contributed by atoms with E-state index in [1.54, 1.807) is 24.5 Å². The molecule has 0 aliphatic heterocycles. The average Bonchev–Trinajstić information content (AvgIpc) is 2.33. The lowest BCUT2D eigenvalue weighted by molar-refractivity contribution is 0.0921. The minimum Gasteiger partial charge on any atom is -0.348 e. The van der Waals surface area contributed by atoms with E-state index in [0.29, 0.717) is 5.56 Å². The van der Waals surface area contributed by atoms with Gasteiger partial charge in [0.1, 0.15) is 0 Å². The van der Waals surface area contributed by atoms with Gasteiger partial charge in [0.2, 0.25) is 0 Å². The lowest BCUT2D eigenvalue weighted by atomic mass is 9.91. The molecule has 1 amide bonds. The summed E-state index contributed by atoms with van der Waals surface area (Å²) in [5.74, 6) is -0.0737. The Morgan fingerprint density at radius 2 is 2.25 bits per heavy atom. The maximum Gasteiger partial charge on any atom is 0.253 e. The molecule has 3 N–H and O–H groups in total. The minimum absolute atomic E-state index is 0.0737. The third kappa shape index (κ3) is 2.58. The van der Waals surface area contributed by atoms with E-state index in [1.807, 2.05) is 0 Å². The summed E-state index contributed by atoms with van der Waals surface area (Å²) in [6, 6.07) is 3.72. The molecule has 1 aromatic heterocycles. The maximum absolute atomic E-state index is 11.9. The van der Waals surface area contributed by atoms with Gasteiger partial charge in [-0.1, -0.05) is 12.8 Å². The number of carbonyl (C=O) groups is 1. The molecule has 2 atom stereocenters. The fourth-order valence-corrected chi connectivity index (χ4v) is 2.09. The second-order valence-corrected chi connectivity index (χ2v) is 4.27. The Hall–Kier alpha value is -1.42. The number of nitrogens with zero attached hydrogens (tertiary/aromatic N) is 1. The molecule has 1 aromatic rings. The largest absolute Gasteiger partial charge is 0.348 e. The van der Waals surface area contributed by atoms with Crippen LogP contribution < -0.4 is 11.1 Å². The highest BCUT2D eigenvalue weighted by atomic mass is 16.1. The summed E-state index contributed by atoms with van der Waals surface area (Å²) >= 11 is 0. The van der Waals surface area contributed by atoms with E-state index in [4.69, 9.17) is 5.73 Å². The molecule has 0 aromatic carbocycles. The highest BCUT2D eigenvalue weighted by Crippen LogP contribution is 2.17. The van der Waals surface area contributed by atoms with E-state index >= 15 is 0 Å². The van der Waals surface area contributed by atoms with Gasteiger partial charge in [-0.15, -0.1) is 0 Å². The molecule has 4 heteroatoms. The summed E-state index contributed by atoms with van der Waals surface area (Å²) in [5.41, 5.74) is 6.57. The third-order valence-electron chi connectivity index (χ3n) is 3.06. The van der Waals surface area contributed by atoms with Crippen LogP contribution in [0.3, 0.4) is 0 Å². The first-order chi connectivity index (χ1) is 7.77. The van der Waals surface area contributed by atoms with Crippen molar-refractivity contribution in [1.29, 1.82) is 0 Å². The molecule has 1 aliphatic rings. The van der Waals surface area contributed by atoms with Gasteiger partial charge in [-0.3, -0.25) is 9.78 Å². The number of hydrogen-bond acceptors (Lipinski definition) is 3. The standard InChI is InChI=1S/C12H17N3O/c13-10-5-1-2-6-11(10)15-12(16)9-4-3-7-14-8-9/h3-4,7-8,10-11H,1-2,5-6,13H2,(H,15,16). The van der Waals surface area contributed by atoms with Gasteiger partial charge in [0, 0.05) is 24.5 Å². The van der Waals surface area contributed by atoms with Crippen LogP contribution in [0.25, 0.3) is 0 Å². The van der Waals surface area contributed by atoms with Crippen molar-refractivity contribution in [2.75, 3.05) is 0 Å². The summed E-state index contributed by atoms with van der Waals surface area (Å²) in [6.07, 6.45) is 7.52. The second kappa shape index (κ2) is 5.07. The quantitative estimate of drug-likeness (QED) is 0.782. The number of nitrogens with one attached hydrogen (secondary N) is 1. The van der Waals surface area contributed by atoms with Gasteiger partial charge in [0.15, 0.2) is 0 Å². The van der Waals surface area contributed by atoms with Gasteiger partial charge < -0.3 is 11.1 Å². The normalized spacial score (nSPS) is 25.1. The number of pyridine rings is 1.